The summed E-state index contributed by atoms with van der Waals surface area (Å²) in [5.41, 5.74) is 0. The Morgan fingerprint density at radius 2 is 2.40 bits per heavy atom. The van der Waals surface area contributed by atoms with Crippen LogP contribution in [0, 0.1) is 0 Å². The molecule has 15 heavy (non-hydrogen) atoms. The lowest BCUT2D eigenvalue weighted by molar-refractivity contribution is 0.668. The molecule has 1 saturated heterocycles. The van der Waals surface area contributed by atoms with Crippen molar-refractivity contribution in [3.8, 4) is 0 Å². The Hall–Kier alpha value is -0.580. The number of hydrogen-bond acceptors (Lipinski definition) is 4. The maximum absolute atomic E-state index is 5.80. The van der Waals surface area contributed by atoms with Crippen LogP contribution in [-0.4, -0.2) is 36.1 Å². The quantitative estimate of drug-likeness (QED) is 0.803. The Morgan fingerprint density at radius 3 is 3.00 bits per heavy atom. The number of anilines is 1. The summed E-state index contributed by atoms with van der Waals surface area (Å²) in [6.07, 6.45) is 2.82. The van der Waals surface area contributed by atoms with Crippen molar-refractivity contribution >= 4 is 30.0 Å². The van der Waals surface area contributed by atoms with Crippen LogP contribution in [0.15, 0.2) is 12.3 Å². The second-order valence-corrected chi connectivity index (χ2v) is 3.82. The van der Waals surface area contributed by atoms with Crippen LogP contribution in [0.5, 0.6) is 0 Å². The fraction of sp³-hybridized carbons (Fsp3) is 0.556. The van der Waals surface area contributed by atoms with Crippen LogP contribution in [0.2, 0.25) is 5.15 Å². The second kappa shape index (κ2) is 5.49. The summed E-state index contributed by atoms with van der Waals surface area (Å²) in [6, 6.07) is 2.17. The van der Waals surface area contributed by atoms with Gasteiger partial charge < -0.3 is 10.2 Å². The Labute approximate surface area is 100 Å². The molecule has 0 amide bonds. The molecule has 6 heteroatoms. The van der Waals surface area contributed by atoms with E-state index in [1.165, 1.54) is 0 Å². The number of rotatable bonds is 2. The molecule has 4 nitrogen and oxygen atoms in total. The molecule has 0 spiro atoms. The average Bonchev–Trinajstić information content (AvgIpc) is 2.69. The first kappa shape index (κ1) is 12.5. The van der Waals surface area contributed by atoms with Gasteiger partial charge in [0.15, 0.2) is 0 Å². The summed E-state index contributed by atoms with van der Waals surface area (Å²) >= 11 is 5.80. The minimum absolute atomic E-state index is 0. The fourth-order valence-electron chi connectivity index (χ4n) is 1.63. The van der Waals surface area contributed by atoms with Gasteiger partial charge in [-0.3, -0.25) is 0 Å². The van der Waals surface area contributed by atoms with Crippen LogP contribution < -0.4 is 10.2 Å². The van der Waals surface area contributed by atoms with Crippen LogP contribution in [0.3, 0.4) is 0 Å². The summed E-state index contributed by atoms with van der Waals surface area (Å²) < 4.78 is 0. The van der Waals surface area contributed by atoms with Crippen molar-refractivity contribution in [2.24, 2.45) is 0 Å². The number of aromatic nitrogens is 2. The maximum atomic E-state index is 5.80. The predicted molar refractivity (Wildman–Crippen MR) is 64.0 cm³/mol. The molecule has 1 aromatic rings. The second-order valence-electron chi connectivity index (χ2n) is 3.44. The van der Waals surface area contributed by atoms with Crippen LogP contribution >= 0.6 is 24.0 Å². The van der Waals surface area contributed by atoms with Gasteiger partial charge in [0, 0.05) is 25.8 Å². The fourth-order valence-corrected chi connectivity index (χ4v) is 1.76. The summed E-state index contributed by atoms with van der Waals surface area (Å²) in [5.74, 6) is 0.700. The average molecular weight is 249 g/mol. The van der Waals surface area contributed by atoms with Gasteiger partial charge >= 0.3 is 0 Å². The van der Waals surface area contributed by atoms with Gasteiger partial charge in [-0.1, -0.05) is 11.6 Å². The molecule has 0 aromatic carbocycles. The van der Waals surface area contributed by atoms with E-state index in [1.54, 1.807) is 12.3 Å². The van der Waals surface area contributed by atoms with Crippen molar-refractivity contribution < 1.29 is 0 Å². The monoisotopic (exact) mass is 248 g/mol. The Morgan fingerprint density at radius 1 is 1.60 bits per heavy atom. The predicted octanol–water partition coefficient (Wildman–Crippen LogP) is 1.35. The van der Waals surface area contributed by atoms with Crippen molar-refractivity contribution in [1.29, 1.82) is 0 Å². The minimum atomic E-state index is 0. The Kier molecular flexibility index (Phi) is 4.57. The van der Waals surface area contributed by atoms with E-state index in [9.17, 15) is 0 Å². The molecule has 0 aliphatic carbocycles. The zero-order valence-electron chi connectivity index (χ0n) is 8.48. The third-order valence-corrected chi connectivity index (χ3v) is 2.72. The molecule has 1 fully saturated rings. The highest BCUT2D eigenvalue weighted by atomic mass is 35.5. The molecule has 0 unspecified atom stereocenters. The van der Waals surface area contributed by atoms with Crippen molar-refractivity contribution in [1.82, 2.24) is 15.3 Å². The SMILES string of the molecule is CN(c1nccc(Cl)n1)[C@@H]1CCNC1.Cl. The number of nitrogens with zero attached hydrogens (tertiary/aromatic N) is 3. The van der Waals surface area contributed by atoms with Gasteiger partial charge in [-0.15, -0.1) is 12.4 Å². The van der Waals surface area contributed by atoms with Crippen molar-refractivity contribution in [3.63, 3.8) is 0 Å². The molecule has 2 heterocycles. The van der Waals surface area contributed by atoms with Gasteiger partial charge in [0.05, 0.1) is 0 Å². The van der Waals surface area contributed by atoms with Gasteiger partial charge in [-0.2, -0.15) is 0 Å². The topological polar surface area (TPSA) is 41.1 Å². The molecule has 1 aromatic heterocycles. The smallest absolute Gasteiger partial charge is 0.226 e. The van der Waals surface area contributed by atoms with Gasteiger partial charge in [0.1, 0.15) is 5.15 Å². The number of halogens is 2. The summed E-state index contributed by atoms with van der Waals surface area (Å²) in [6.45, 7) is 2.06. The van der Waals surface area contributed by atoms with E-state index in [4.69, 9.17) is 11.6 Å². The lowest BCUT2D eigenvalue weighted by Crippen LogP contribution is -2.34. The summed E-state index contributed by atoms with van der Waals surface area (Å²) in [5, 5.41) is 3.80. The molecule has 1 aliphatic heterocycles. The highest BCUT2D eigenvalue weighted by Crippen LogP contribution is 2.15. The third-order valence-electron chi connectivity index (χ3n) is 2.51. The zero-order valence-corrected chi connectivity index (χ0v) is 10.1. The van der Waals surface area contributed by atoms with Crippen LogP contribution in [0.1, 0.15) is 6.42 Å². The molecule has 1 atom stereocenters. The Balaban J connectivity index is 0.00000112. The zero-order chi connectivity index (χ0) is 9.97. The molecular weight excluding hydrogens is 235 g/mol. The van der Waals surface area contributed by atoms with Crippen molar-refractivity contribution in [2.45, 2.75) is 12.5 Å². The standard InChI is InChI=1S/C9H13ClN4.ClH/c1-14(7-2-4-11-6-7)9-12-5-3-8(10)13-9;/h3,5,7,11H,2,4,6H2,1H3;1H/t7-;/m1./s1. The normalized spacial score (nSPS) is 19.7. The van der Waals surface area contributed by atoms with E-state index in [1.807, 2.05) is 7.05 Å². The van der Waals surface area contributed by atoms with Gasteiger partial charge in [-0.05, 0) is 19.0 Å². The highest BCUT2D eigenvalue weighted by molar-refractivity contribution is 6.29. The summed E-state index contributed by atoms with van der Waals surface area (Å²) in [7, 11) is 2.00. The van der Waals surface area contributed by atoms with Gasteiger partial charge in [-0.25, -0.2) is 9.97 Å². The van der Waals surface area contributed by atoms with Crippen LogP contribution in [-0.2, 0) is 0 Å². The highest BCUT2D eigenvalue weighted by Gasteiger charge is 2.20. The Bertz CT molecular complexity index is 315. The van der Waals surface area contributed by atoms with Crippen LogP contribution in [0.25, 0.3) is 0 Å². The molecule has 1 N–H and O–H groups in total. The van der Waals surface area contributed by atoms with Gasteiger partial charge in [0.25, 0.3) is 0 Å². The van der Waals surface area contributed by atoms with Crippen molar-refractivity contribution in [2.75, 3.05) is 25.0 Å². The first-order valence-electron chi connectivity index (χ1n) is 4.69. The molecular formula is C9H14Cl2N4. The number of likely N-dealkylation sites (N-methyl/N-ethyl adjacent to an activating group) is 1. The maximum Gasteiger partial charge on any atom is 0.226 e. The van der Waals surface area contributed by atoms with Crippen molar-refractivity contribution in [3.05, 3.63) is 17.4 Å². The van der Waals surface area contributed by atoms with E-state index in [2.05, 4.69) is 20.2 Å². The third kappa shape index (κ3) is 2.93. The largest absolute Gasteiger partial charge is 0.340 e. The molecule has 1 aliphatic rings. The molecule has 84 valence electrons. The number of hydrogen-bond donors (Lipinski definition) is 1. The molecule has 0 saturated carbocycles. The van der Waals surface area contributed by atoms with Crippen LogP contribution in [0.4, 0.5) is 5.95 Å². The van der Waals surface area contributed by atoms with E-state index in [-0.39, 0.29) is 12.4 Å². The molecule has 2 rings (SSSR count). The van der Waals surface area contributed by atoms with Gasteiger partial charge in [0.2, 0.25) is 5.95 Å². The van der Waals surface area contributed by atoms with E-state index in [0.29, 0.717) is 17.1 Å². The lowest BCUT2D eigenvalue weighted by Gasteiger charge is -2.23. The summed E-state index contributed by atoms with van der Waals surface area (Å²) in [4.78, 5) is 10.4. The number of nitrogens with one attached hydrogen (secondary N) is 1. The van der Waals surface area contributed by atoms with E-state index < -0.39 is 0 Å². The first-order chi connectivity index (χ1) is 6.77. The van der Waals surface area contributed by atoms with E-state index in [0.717, 1.165) is 19.5 Å². The minimum Gasteiger partial charge on any atom is -0.340 e. The molecule has 0 radical (unpaired) electrons. The lowest BCUT2D eigenvalue weighted by atomic mass is 10.2. The molecule has 0 bridgehead atoms. The first-order valence-corrected chi connectivity index (χ1v) is 5.07. The van der Waals surface area contributed by atoms with E-state index >= 15 is 0 Å².